The molecule has 1 aliphatic heterocycles. The first-order valence-corrected chi connectivity index (χ1v) is 12.4. The Labute approximate surface area is 200 Å². The van der Waals surface area contributed by atoms with E-state index in [1.54, 1.807) is 4.90 Å². The highest BCUT2D eigenvalue weighted by molar-refractivity contribution is 7.99. The van der Waals surface area contributed by atoms with Crippen molar-refractivity contribution < 1.29 is 9.53 Å². The topological polar surface area (TPSA) is 58.6 Å². The smallest absolute Gasteiger partial charge is 0.410 e. The number of aromatic nitrogens is 2. The maximum atomic E-state index is 12.6. The Hall–Kier alpha value is -2.90. The number of ether oxygens (including phenoxy) is 1. The first-order valence-electron chi connectivity index (χ1n) is 11.4. The van der Waals surface area contributed by atoms with Crippen LogP contribution < -0.4 is 4.74 Å². The maximum absolute atomic E-state index is 12.6. The number of hydrogen-bond acceptors (Lipinski definition) is 6. The van der Waals surface area contributed by atoms with Crippen LogP contribution in [0.1, 0.15) is 17.0 Å². The molecular weight excluding hydrogens is 432 g/mol. The summed E-state index contributed by atoms with van der Waals surface area (Å²) in [6.07, 6.45) is 5.25. The van der Waals surface area contributed by atoms with E-state index in [1.807, 2.05) is 73.5 Å². The van der Waals surface area contributed by atoms with E-state index in [1.165, 1.54) is 10.5 Å². The van der Waals surface area contributed by atoms with Gasteiger partial charge in [0.2, 0.25) is 0 Å². The second-order valence-corrected chi connectivity index (χ2v) is 9.31. The third-order valence-corrected chi connectivity index (χ3v) is 6.71. The normalized spacial score (nSPS) is 14.3. The average Bonchev–Trinajstić information content (AvgIpc) is 2.85. The van der Waals surface area contributed by atoms with Gasteiger partial charge in [-0.3, -0.25) is 14.9 Å². The van der Waals surface area contributed by atoms with Crippen LogP contribution in [0, 0.1) is 6.92 Å². The Kier molecular flexibility index (Phi) is 8.33. The molecule has 0 N–H and O–H groups in total. The fourth-order valence-corrected chi connectivity index (χ4v) is 4.66. The van der Waals surface area contributed by atoms with Gasteiger partial charge in [0, 0.05) is 73.6 Å². The van der Waals surface area contributed by atoms with Crippen LogP contribution in [-0.4, -0.2) is 64.3 Å². The minimum atomic E-state index is -0.268. The van der Waals surface area contributed by atoms with Crippen LogP contribution in [0.15, 0.2) is 71.9 Å². The number of rotatable bonds is 8. The van der Waals surface area contributed by atoms with Crippen LogP contribution in [0.4, 0.5) is 4.79 Å². The minimum Gasteiger partial charge on any atom is -0.410 e. The molecule has 7 heteroatoms. The lowest BCUT2D eigenvalue weighted by Crippen LogP contribution is -2.49. The van der Waals surface area contributed by atoms with Crippen LogP contribution in [0.5, 0.6) is 5.75 Å². The summed E-state index contributed by atoms with van der Waals surface area (Å²) in [7, 11) is 0. The molecule has 1 amide bonds. The van der Waals surface area contributed by atoms with Gasteiger partial charge < -0.3 is 9.64 Å². The molecule has 0 unspecified atom stereocenters. The van der Waals surface area contributed by atoms with Crippen molar-refractivity contribution in [1.82, 2.24) is 19.8 Å². The monoisotopic (exact) mass is 462 g/mol. The molecule has 6 nitrogen and oxygen atoms in total. The molecule has 0 aliphatic carbocycles. The van der Waals surface area contributed by atoms with E-state index >= 15 is 0 Å². The van der Waals surface area contributed by atoms with Gasteiger partial charge in [0.15, 0.2) is 0 Å². The Balaban J connectivity index is 1.16. The molecule has 0 atom stereocenters. The molecule has 4 rings (SSSR count). The number of amides is 1. The summed E-state index contributed by atoms with van der Waals surface area (Å²) < 4.78 is 5.61. The van der Waals surface area contributed by atoms with Crippen molar-refractivity contribution in [3.63, 3.8) is 0 Å². The summed E-state index contributed by atoms with van der Waals surface area (Å²) in [5.41, 5.74) is 3.40. The molecule has 2 aromatic heterocycles. The van der Waals surface area contributed by atoms with Gasteiger partial charge in [-0.1, -0.05) is 18.2 Å². The van der Waals surface area contributed by atoms with Crippen molar-refractivity contribution in [1.29, 1.82) is 0 Å². The molecule has 172 valence electrons. The summed E-state index contributed by atoms with van der Waals surface area (Å²) in [6.45, 7) is 6.06. The number of nitrogens with zero attached hydrogens (tertiary/aromatic N) is 4. The second-order valence-electron chi connectivity index (χ2n) is 8.14. The first kappa shape index (κ1) is 23.3. The lowest BCUT2D eigenvalue weighted by molar-refractivity contribution is 0.111. The minimum absolute atomic E-state index is 0.268. The number of benzene rings is 1. The second kappa shape index (κ2) is 11.8. The van der Waals surface area contributed by atoms with E-state index in [4.69, 9.17) is 4.74 Å². The van der Waals surface area contributed by atoms with Crippen molar-refractivity contribution in [2.24, 2.45) is 0 Å². The highest BCUT2D eigenvalue weighted by Crippen LogP contribution is 2.20. The first-order chi connectivity index (χ1) is 16.2. The molecule has 0 spiro atoms. The van der Waals surface area contributed by atoms with Crippen LogP contribution in [0.25, 0.3) is 0 Å². The predicted octanol–water partition coefficient (Wildman–Crippen LogP) is 4.48. The highest BCUT2D eigenvalue weighted by atomic mass is 32.2. The van der Waals surface area contributed by atoms with Crippen LogP contribution in [0.2, 0.25) is 0 Å². The maximum Gasteiger partial charge on any atom is 0.415 e. The Morgan fingerprint density at radius 3 is 2.45 bits per heavy atom. The van der Waals surface area contributed by atoms with Gasteiger partial charge in [-0.2, -0.15) is 0 Å². The van der Waals surface area contributed by atoms with E-state index < -0.39 is 0 Å². The average molecular weight is 463 g/mol. The van der Waals surface area contributed by atoms with Crippen molar-refractivity contribution >= 4 is 17.9 Å². The Morgan fingerprint density at radius 2 is 1.73 bits per heavy atom. The lowest BCUT2D eigenvalue weighted by Gasteiger charge is -2.33. The van der Waals surface area contributed by atoms with Crippen molar-refractivity contribution in [2.45, 2.75) is 24.7 Å². The van der Waals surface area contributed by atoms with Crippen LogP contribution in [0.3, 0.4) is 0 Å². The van der Waals surface area contributed by atoms with E-state index in [9.17, 15) is 4.79 Å². The van der Waals surface area contributed by atoms with E-state index in [0.29, 0.717) is 18.8 Å². The predicted molar refractivity (Wildman–Crippen MR) is 132 cm³/mol. The molecule has 0 bridgehead atoms. The zero-order valence-electron chi connectivity index (χ0n) is 19.0. The van der Waals surface area contributed by atoms with E-state index in [-0.39, 0.29) is 6.09 Å². The molecule has 3 aromatic rings. The Bertz CT molecular complexity index is 1020. The molecule has 1 fully saturated rings. The number of aryl methyl sites for hydroxylation is 2. The highest BCUT2D eigenvalue weighted by Gasteiger charge is 2.22. The number of thioether (sulfide) groups is 1. The van der Waals surface area contributed by atoms with Gasteiger partial charge in [-0.25, -0.2) is 4.79 Å². The van der Waals surface area contributed by atoms with Crippen LogP contribution >= 0.6 is 11.8 Å². The molecule has 1 aromatic carbocycles. The summed E-state index contributed by atoms with van der Waals surface area (Å²) in [6, 6.07) is 18.0. The van der Waals surface area contributed by atoms with Gasteiger partial charge in [-0.15, -0.1) is 11.8 Å². The van der Waals surface area contributed by atoms with E-state index in [2.05, 4.69) is 27.0 Å². The van der Waals surface area contributed by atoms with Gasteiger partial charge in [0.05, 0.1) is 0 Å². The van der Waals surface area contributed by atoms with Crippen molar-refractivity contribution in [2.75, 3.05) is 38.5 Å². The number of pyridine rings is 2. The number of carbonyl (C=O) groups excluding carboxylic acids is 1. The number of hydrogen-bond donors (Lipinski definition) is 0. The van der Waals surface area contributed by atoms with Crippen molar-refractivity contribution in [3.05, 3.63) is 83.9 Å². The molecule has 1 saturated heterocycles. The summed E-state index contributed by atoms with van der Waals surface area (Å²) in [5.74, 6) is 1.59. The Morgan fingerprint density at radius 1 is 0.970 bits per heavy atom. The number of piperazine rings is 1. The standard InChI is InChI=1S/C26H30N4O2S/c1-21-3-2-4-23(28-21)11-15-29-16-18-30(19-17-29)26(31)32-24-7-5-22(6-8-24)12-20-33-25-9-13-27-14-10-25/h2-10,13-14H,11-12,15-20H2,1H3. The fourth-order valence-electron chi connectivity index (χ4n) is 3.78. The summed E-state index contributed by atoms with van der Waals surface area (Å²) in [5, 5.41) is 0. The SMILES string of the molecule is Cc1cccc(CCN2CCN(C(=O)Oc3ccc(CCSc4ccncc4)cc3)CC2)n1. The lowest BCUT2D eigenvalue weighted by atomic mass is 10.2. The molecule has 33 heavy (non-hydrogen) atoms. The van der Waals surface area contributed by atoms with E-state index in [0.717, 1.165) is 49.6 Å². The van der Waals surface area contributed by atoms with Gasteiger partial charge in [-0.05, 0) is 55.3 Å². The molecule has 0 saturated carbocycles. The third-order valence-electron chi connectivity index (χ3n) is 5.70. The molecule has 0 radical (unpaired) electrons. The third kappa shape index (κ3) is 7.30. The summed E-state index contributed by atoms with van der Waals surface area (Å²) in [4.78, 5) is 26.6. The zero-order chi connectivity index (χ0) is 22.9. The van der Waals surface area contributed by atoms with Gasteiger partial charge in [0.25, 0.3) is 0 Å². The largest absolute Gasteiger partial charge is 0.415 e. The quantitative estimate of drug-likeness (QED) is 0.460. The van der Waals surface area contributed by atoms with Gasteiger partial charge >= 0.3 is 6.09 Å². The van der Waals surface area contributed by atoms with Gasteiger partial charge in [0.1, 0.15) is 5.75 Å². The fraction of sp³-hybridized carbons (Fsp3) is 0.346. The molecular formula is C26H30N4O2S. The zero-order valence-corrected chi connectivity index (χ0v) is 19.8. The van der Waals surface area contributed by atoms with Crippen molar-refractivity contribution in [3.8, 4) is 5.75 Å². The molecule has 3 heterocycles. The number of carbonyl (C=O) groups is 1. The summed E-state index contributed by atoms with van der Waals surface area (Å²) >= 11 is 1.81. The van der Waals surface area contributed by atoms with Crippen LogP contribution in [-0.2, 0) is 12.8 Å². The molecule has 1 aliphatic rings.